The third-order valence-electron chi connectivity index (χ3n) is 2.47. The molecular formula is C10H15N3O2. The van der Waals surface area contributed by atoms with Crippen LogP contribution in [0.4, 0.5) is 0 Å². The summed E-state index contributed by atoms with van der Waals surface area (Å²) < 4.78 is 5.60. The van der Waals surface area contributed by atoms with Gasteiger partial charge in [-0.15, -0.1) is 5.10 Å². The van der Waals surface area contributed by atoms with Crippen molar-refractivity contribution in [2.45, 2.75) is 31.8 Å². The summed E-state index contributed by atoms with van der Waals surface area (Å²) in [6, 6.07) is 0. The van der Waals surface area contributed by atoms with E-state index >= 15 is 0 Å². The second-order valence-corrected chi connectivity index (χ2v) is 3.63. The summed E-state index contributed by atoms with van der Waals surface area (Å²) in [5.74, 6) is 0.587. The van der Waals surface area contributed by atoms with E-state index in [-0.39, 0.29) is 12.7 Å². The third kappa shape index (κ3) is 2.70. The highest BCUT2D eigenvalue weighted by Crippen LogP contribution is 2.25. The fourth-order valence-electron chi connectivity index (χ4n) is 1.69. The van der Waals surface area contributed by atoms with Gasteiger partial charge in [-0.1, -0.05) is 0 Å². The molecule has 0 amide bonds. The van der Waals surface area contributed by atoms with Crippen LogP contribution in [0.15, 0.2) is 6.20 Å². The molecule has 0 aliphatic carbocycles. The van der Waals surface area contributed by atoms with Crippen molar-refractivity contribution in [1.82, 2.24) is 15.2 Å². The number of hydrogen-bond acceptors (Lipinski definition) is 5. The lowest BCUT2D eigenvalue weighted by atomic mass is 10.1. The van der Waals surface area contributed by atoms with Crippen molar-refractivity contribution in [2.75, 3.05) is 13.2 Å². The predicted molar refractivity (Wildman–Crippen MR) is 53.2 cm³/mol. The molecule has 1 saturated heterocycles. The zero-order valence-electron chi connectivity index (χ0n) is 8.59. The van der Waals surface area contributed by atoms with Crippen LogP contribution in [0.3, 0.4) is 0 Å². The zero-order valence-corrected chi connectivity index (χ0v) is 8.59. The van der Waals surface area contributed by atoms with E-state index in [1.807, 2.05) is 0 Å². The molecule has 82 valence electrons. The van der Waals surface area contributed by atoms with E-state index in [4.69, 9.17) is 9.84 Å². The Morgan fingerprint density at radius 2 is 2.40 bits per heavy atom. The van der Waals surface area contributed by atoms with Gasteiger partial charge in [0.05, 0.1) is 18.5 Å². The molecule has 1 atom stereocenters. The molecule has 0 bridgehead atoms. The first-order valence-electron chi connectivity index (χ1n) is 5.31. The minimum absolute atomic E-state index is 0.0522. The number of aromatic nitrogens is 3. The van der Waals surface area contributed by atoms with Crippen LogP contribution < -0.4 is 0 Å². The van der Waals surface area contributed by atoms with Crippen molar-refractivity contribution >= 4 is 0 Å². The van der Waals surface area contributed by atoms with E-state index < -0.39 is 0 Å². The Morgan fingerprint density at radius 3 is 3.13 bits per heavy atom. The monoisotopic (exact) mass is 209 g/mol. The first-order chi connectivity index (χ1) is 7.40. The lowest BCUT2D eigenvalue weighted by Gasteiger charge is -2.21. The molecule has 0 saturated carbocycles. The van der Waals surface area contributed by atoms with Crippen molar-refractivity contribution in [3.8, 4) is 0 Å². The highest BCUT2D eigenvalue weighted by molar-refractivity contribution is 5.01. The predicted octanol–water partition coefficient (Wildman–Crippen LogP) is 0.648. The second-order valence-electron chi connectivity index (χ2n) is 3.63. The Bertz CT molecular complexity index is 313. The topological polar surface area (TPSA) is 68.1 Å². The maximum absolute atomic E-state index is 8.78. The van der Waals surface area contributed by atoms with Crippen molar-refractivity contribution in [3.63, 3.8) is 0 Å². The van der Waals surface area contributed by atoms with Gasteiger partial charge >= 0.3 is 0 Å². The van der Waals surface area contributed by atoms with Crippen LogP contribution in [0.5, 0.6) is 0 Å². The molecule has 0 aromatic carbocycles. The Balaban J connectivity index is 2.09. The van der Waals surface area contributed by atoms with Gasteiger partial charge in [0.2, 0.25) is 0 Å². The van der Waals surface area contributed by atoms with E-state index in [0.717, 1.165) is 25.1 Å². The summed E-state index contributed by atoms with van der Waals surface area (Å²) >= 11 is 0. The van der Waals surface area contributed by atoms with Crippen LogP contribution in [0, 0.1) is 0 Å². The number of rotatable bonds is 3. The van der Waals surface area contributed by atoms with Crippen LogP contribution in [0.25, 0.3) is 0 Å². The van der Waals surface area contributed by atoms with Crippen LogP contribution in [-0.2, 0) is 11.2 Å². The van der Waals surface area contributed by atoms with Gasteiger partial charge in [-0.25, -0.2) is 4.98 Å². The van der Waals surface area contributed by atoms with Crippen LogP contribution in [-0.4, -0.2) is 33.5 Å². The maximum Gasteiger partial charge on any atom is 0.153 e. The Kier molecular flexibility index (Phi) is 3.58. The van der Waals surface area contributed by atoms with E-state index in [1.165, 1.54) is 6.42 Å². The van der Waals surface area contributed by atoms with Gasteiger partial charge in [0.1, 0.15) is 6.10 Å². The van der Waals surface area contributed by atoms with Gasteiger partial charge in [0.25, 0.3) is 0 Å². The van der Waals surface area contributed by atoms with Crippen molar-refractivity contribution in [2.24, 2.45) is 0 Å². The fourth-order valence-corrected chi connectivity index (χ4v) is 1.69. The van der Waals surface area contributed by atoms with Gasteiger partial charge < -0.3 is 9.84 Å². The van der Waals surface area contributed by atoms with Crippen LogP contribution >= 0.6 is 0 Å². The lowest BCUT2D eigenvalue weighted by molar-refractivity contribution is 0.0118. The quantitative estimate of drug-likeness (QED) is 0.791. The molecule has 1 N–H and O–H groups in total. The Morgan fingerprint density at radius 1 is 1.47 bits per heavy atom. The summed E-state index contributed by atoms with van der Waals surface area (Å²) in [5, 5.41) is 16.5. The van der Waals surface area contributed by atoms with Crippen molar-refractivity contribution < 1.29 is 9.84 Å². The summed E-state index contributed by atoms with van der Waals surface area (Å²) in [4.78, 5) is 4.33. The molecule has 5 heteroatoms. The van der Waals surface area contributed by atoms with E-state index in [2.05, 4.69) is 15.2 Å². The Labute approximate surface area is 88.5 Å². The van der Waals surface area contributed by atoms with E-state index in [1.54, 1.807) is 6.20 Å². The Hall–Kier alpha value is -1.07. The number of hydrogen-bond donors (Lipinski definition) is 1. The summed E-state index contributed by atoms with van der Waals surface area (Å²) in [6.45, 7) is 0.848. The van der Waals surface area contributed by atoms with Crippen molar-refractivity contribution in [1.29, 1.82) is 0 Å². The standard InChI is InChI=1S/C10H15N3O2/c14-5-4-10-12-8(7-11-13-10)9-3-1-2-6-15-9/h7,9,14H,1-6H2. The number of aliphatic hydroxyl groups excluding tert-OH is 1. The molecule has 2 rings (SSSR count). The largest absolute Gasteiger partial charge is 0.396 e. The first-order valence-corrected chi connectivity index (χ1v) is 5.31. The minimum atomic E-state index is 0.0522. The molecule has 2 heterocycles. The molecule has 1 aromatic heterocycles. The smallest absolute Gasteiger partial charge is 0.153 e. The second kappa shape index (κ2) is 5.14. The number of nitrogens with zero attached hydrogens (tertiary/aromatic N) is 3. The maximum atomic E-state index is 8.78. The van der Waals surface area contributed by atoms with Gasteiger partial charge in [0.15, 0.2) is 5.82 Å². The van der Waals surface area contributed by atoms with Gasteiger partial charge in [-0.2, -0.15) is 5.10 Å². The third-order valence-corrected chi connectivity index (χ3v) is 2.47. The minimum Gasteiger partial charge on any atom is -0.396 e. The molecule has 0 radical (unpaired) electrons. The lowest BCUT2D eigenvalue weighted by Crippen LogP contribution is -2.15. The van der Waals surface area contributed by atoms with Crippen LogP contribution in [0.2, 0.25) is 0 Å². The molecular weight excluding hydrogens is 194 g/mol. The highest BCUT2D eigenvalue weighted by Gasteiger charge is 2.18. The SMILES string of the molecule is OCCc1nncc(C2CCCCO2)n1. The van der Waals surface area contributed by atoms with E-state index in [0.29, 0.717) is 12.2 Å². The van der Waals surface area contributed by atoms with Crippen molar-refractivity contribution in [3.05, 3.63) is 17.7 Å². The van der Waals surface area contributed by atoms with Gasteiger partial charge in [-0.3, -0.25) is 0 Å². The molecule has 1 aliphatic heterocycles. The molecule has 1 aromatic rings. The fraction of sp³-hybridized carbons (Fsp3) is 0.700. The molecule has 1 fully saturated rings. The zero-order chi connectivity index (χ0) is 10.5. The molecule has 1 aliphatic rings. The summed E-state index contributed by atoms with van der Waals surface area (Å²) in [7, 11) is 0. The van der Waals surface area contributed by atoms with E-state index in [9.17, 15) is 0 Å². The summed E-state index contributed by atoms with van der Waals surface area (Å²) in [5.41, 5.74) is 0.841. The average Bonchev–Trinajstić information content (AvgIpc) is 2.31. The molecule has 15 heavy (non-hydrogen) atoms. The first kappa shape index (κ1) is 10.4. The molecule has 5 nitrogen and oxygen atoms in total. The van der Waals surface area contributed by atoms with Gasteiger partial charge in [0, 0.05) is 13.0 Å². The number of aliphatic hydroxyl groups is 1. The highest BCUT2D eigenvalue weighted by atomic mass is 16.5. The van der Waals surface area contributed by atoms with Crippen LogP contribution in [0.1, 0.15) is 36.9 Å². The normalized spacial score (nSPS) is 21.5. The average molecular weight is 209 g/mol. The summed E-state index contributed by atoms with van der Waals surface area (Å²) in [6.07, 6.45) is 5.45. The van der Waals surface area contributed by atoms with Gasteiger partial charge in [-0.05, 0) is 19.3 Å². The molecule has 1 unspecified atom stereocenters. The number of ether oxygens (including phenoxy) is 1. The molecule has 0 spiro atoms.